The molecule has 0 unspecified atom stereocenters. The van der Waals surface area contributed by atoms with Gasteiger partial charge in [-0.3, -0.25) is 0 Å². The zero-order valence-electron chi connectivity index (χ0n) is 32.1. The van der Waals surface area contributed by atoms with Crippen molar-refractivity contribution in [2.24, 2.45) is 0 Å². The summed E-state index contributed by atoms with van der Waals surface area (Å²) < 4.78 is 13.8. The third kappa shape index (κ3) is 4.70. The van der Waals surface area contributed by atoms with Crippen LogP contribution in [0.4, 0.5) is 17.1 Å². The highest BCUT2D eigenvalue weighted by molar-refractivity contribution is 5.90. The first-order valence-electron chi connectivity index (χ1n) is 20.3. The van der Waals surface area contributed by atoms with E-state index in [0.717, 1.165) is 62.3 Å². The van der Waals surface area contributed by atoms with E-state index in [1.54, 1.807) is 0 Å². The minimum Gasteiger partial charge on any atom is -0.457 e. The number of anilines is 3. The largest absolute Gasteiger partial charge is 0.457 e. The van der Waals surface area contributed by atoms with Crippen molar-refractivity contribution in [2.45, 2.75) is 10.8 Å². The Bertz CT molecular complexity index is 2980. The molecule has 0 atom stereocenters. The van der Waals surface area contributed by atoms with Crippen LogP contribution in [-0.2, 0) is 10.8 Å². The number of benzene rings is 9. The van der Waals surface area contributed by atoms with E-state index in [4.69, 9.17) is 9.47 Å². The Kier molecular flexibility index (Phi) is 7.36. The van der Waals surface area contributed by atoms with E-state index in [1.165, 1.54) is 33.4 Å². The Labute approximate surface area is 344 Å². The molecule has 278 valence electrons. The molecular formula is C56H37NO2. The average molecular weight is 756 g/mol. The van der Waals surface area contributed by atoms with Crippen LogP contribution in [-0.4, -0.2) is 0 Å². The molecule has 0 saturated heterocycles. The molecule has 3 aliphatic rings. The molecule has 3 nitrogen and oxygen atoms in total. The van der Waals surface area contributed by atoms with Gasteiger partial charge in [-0.1, -0.05) is 170 Å². The number of rotatable bonds is 5. The molecule has 1 spiro atoms. The number of ether oxygens (including phenoxy) is 2. The van der Waals surface area contributed by atoms with E-state index >= 15 is 0 Å². The first kappa shape index (κ1) is 33.5. The Morgan fingerprint density at radius 1 is 0.271 bits per heavy atom. The van der Waals surface area contributed by atoms with Crippen molar-refractivity contribution in [3.63, 3.8) is 0 Å². The van der Waals surface area contributed by atoms with Crippen LogP contribution in [0.3, 0.4) is 0 Å². The van der Waals surface area contributed by atoms with Crippen LogP contribution in [0.15, 0.2) is 224 Å². The average Bonchev–Trinajstić information content (AvgIpc) is 3.60. The van der Waals surface area contributed by atoms with E-state index in [9.17, 15) is 0 Å². The summed E-state index contributed by atoms with van der Waals surface area (Å²) in [4.78, 5) is 2.35. The van der Waals surface area contributed by atoms with Gasteiger partial charge in [0.15, 0.2) is 0 Å². The number of hydrogen-bond donors (Lipinski definition) is 0. The summed E-state index contributed by atoms with van der Waals surface area (Å²) in [5.74, 6) is 3.40. The summed E-state index contributed by atoms with van der Waals surface area (Å²) in [6, 6.07) is 80.5. The molecule has 12 rings (SSSR count). The van der Waals surface area contributed by atoms with E-state index in [1.807, 2.05) is 0 Å². The third-order valence-corrected chi connectivity index (χ3v) is 12.7. The Morgan fingerprint density at radius 3 is 1.31 bits per heavy atom. The lowest BCUT2D eigenvalue weighted by atomic mass is 9.63. The predicted molar refractivity (Wildman–Crippen MR) is 237 cm³/mol. The second kappa shape index (κ2) is 13.0. The highest BCUT2D eigenvalue weighted by Gasteiger charge is 2.51. The maximum atomic E-state index is 6.98. The lowest BCUT2D eigenvalue weighted by Crippen LogP contribution is -2.34. The normalized spacial score (nSPS) is 14.3. The molecule has 0 saturated carbocycles. The quantitative estimate of drug-likeness (QED) is 0.175. The maximum Gasteiger partial charge on any atom is 0.134 e. The number of fused-ring (bicyclic) bond motifs is 11. The van der Waals surface area contributed by atoms with Gasteiger partial charge in [0.25, 0.3) is 0 Å². The van der Waals surface area contributed by atoms with E-state index in [0.29, 0.717) is 0 Å². The fourth-order valence-electron chi connectivity index (χ4n) is 10.3. The second-order valence-electron chi connectivity index (χ2n) is 15.6. The van der Waals surface area contributed by atoms with Crippen molar-refractivity contribution < 1.29 is 9.47 Å². The molecule has 0 fully saturated rings. The first-order valence-corrected chi connectivity index (χ1v) is 20.3. The summed E-state index contributed by atoms with van der Waals surface area (Å²) in [5, 5.41) is 0. The van der Waals surface area contributed by atoms with E-state index in [-0.39, 0.29) is 0 Å². The van der Waals surface area contributed by atoms with Crippen LogP contribution in [0.25, 0.3) is 11.1 Å². The fraction of sp³-hybridized carbons (Fsp3) is 0.0357. The lowest BCUT2D eigenvalue weighted by Gasteiger charge is -2.42. The number of hydrogen-bond acceptors (Lipinski definition) is 3. The van der Waals surface area contributed by atoms with E-state index < -0.39 is 10.8 Å². The van der Waals surface area contributed by atoms with Crippen molar-refractivity contribution in [2.75, 3.05) is 4.90 Å². The van der Waals surface area contributed by atoms with Crippen LogP contribution in [0, 0.1) is 0 Å². The maximum absolute atomic E-state index is 6.98. The van der Waals surface area contributed by atoms with Gasteiger partial charge in [0.1, 0.15) is 23.0 Å². The van der Waals surface area contributed by atoms with Crippen LogP contribution in [0.1, 0.15) is 44.5 Å². The molecule has 1 aliphatic carbocycles. The van der Waals surface area contributed by atoms with Gasteiger partial charge in [0, 0.05) is 45.4 Å². The zero-order chi connectivity index (χ0) is 39.0. The lowest BCUT2D eigenvalue weighted by molar-refractivity contribution is 0.434. The van der Waals surface area contributed by atoms with Gasteiger partial charge in [-0.2, -0.15) is 0 Å². The van der Waals surface area contributed by atoms with Gasteiger partial charge in [0.2, 0.25) is 0 Å². The minimum absolute atomic E-state index is 0.580. The van der Waals surface area contributed by atoms with Gasteiger partial charge in [-0.05, 0) is 81.9 Å². The molecular weight excluding hydrogens is 719 g/mol. The van der Waals surface area contributed by atoms with Crippen molar-refractivity contribution in [1.82, 2.24) is 0 Å². The molecule has 0 bridgehead atoms. The highest BCUT2D eigenvalue weighted by atomic mass is 16.5. The molecule has 9 aromatic carbocycles. The summed E-state index contributed by atoms with van der Waals surface area (Å²) in [6.45, 7) is 0. The molecule has 0 amide bonds. The number of nitrogens with zero attached hydrogens (tertiary/aromatic N) is 1. The molecule has 9 aromatic rings. The molecule has 2 aliphatic heterocycles. The summed E-state index contributed by atoms with van der Waals surface area (Å²) in [5.41, 5.74) is 13.8. The second-order valence-corrected chi connectivity index (χ2v) is 15.6. The first-order chi connectivity index (χ1) is 29.3. The summed E-state index contributed by atoms with van der Waals surface area (Å²) >= 11 is 0. The van der Waals surface area contributed by atoms with Gasteiger partial charge in [-0.25, -0.2) is 0 Å². The third-order valence-electron chi connectivity index (χ3n) is 12.7. The molecule has 2 heterocycles. The number of para-hydroxylation sites is 3. The van der Waals surface area contributed by atoms with Gasteiger partial charge in [-0.15, -0.1) is 0 Å². The SMILES string of the molecule is c1ccc(N(c2ccc3c(c2)Oc2ccccc2C3(c2ccccc2)c2ccccc2)c2ccc3c(c2)C2(c4ccccc4O3)c3ccccc3-c3ccccc32)cc1. The Balaban J connectivity index is 1.10. The minimum atomic E-state index is -0.602. The fourth-order valence-corrected chi connectivity index (χ4v) is 10.3. The standard InChI is InChI=1S/C56H37NO2/c1-4-18-38(19-5-1)55(39-20-6-2-7-21-39)47-28-14-16-30-51(47)59-54-37-42(32-34-49(54)55)57(40-22-8-3-9-23-40)41-33-35-53-50(36-41)56(48-29-15-17-31-52(48)58-53)45-26-12-10-24-43(45)44-25-11-13-27-46(44)56/h1-37H. The molecule has 59 heavy (non-hydrogen) atoms. The smallest absolute Gasteiger partial charge is 0.134 e. The monoisotopic (exact) mass is 755 g/mol. The predicted octanol–water partition coefficient (Wildman–Crippen LogP) is 14.1. The van der Waals surface area contributed by atoms with E-state index in [2.05, 4.69) is 229 Å². The van der Waals surface area contributed by atoms with Crippen molar-refractivity contribution in [3.05, 3.63) is 269 Å². The van der Waals surface area contributed by atoms with Crippen molar-refractivity contribution in [1.29, 1.82) is 0 Å². The zero-order valence-corrected chi connectivity index (χ0v) is 32.1. The van der Waals surface area contributed by atoms with Crippen LogP contribution < -0.4 is 14.4 Å². The van der Waals surface area contributed by atoms with Crippen molar-refractivity contribution in [3.8, 4) is 34.1 Å². The molecule has 3 heteroatoms. The Morgan fingerprint density at radius 2 is 0.695 bits per heavy atom. The summed E-state index contributed by atoms with van der Waals surface area (Å²) in [6.07, 6.45) is 0. The van der Waals surface area contributed by atoms with Crippen molar-refractivity contribution >= 4 is 17.1 Å². The van der Waals surface area contributed by atoms with Crippen LogP contribution in [0.2, 0.25) is 0 Å². The Hall–Kier alpha value is -7.62. The topological polar surface area (TPSA) is 21.7 Å². The van der Waals surface area contributed by atoms with Crippen LogP contribution >= 0.6 is 0 Å². The van der Waals surface area contributed by atoms with Gasteiger partial charge in [0.05, 0.1) is 10.8 Å². The van der Waals surface area contributed by atoms with Gasteiger partial charge < -0.3 is 14.4 Å². The molecule has 0 aromatic heterocycles. The highest BCUT2D eigenvalue weighted by Crippen LogP contribution is 2.63. The van der Waals surface area contributed by atoms with Gasteiger partial charge >= 0.3 is 0 Å². The summed E-state index contributed by atoms with van der Waals surface area (Å²) in [7, 11) is 0. The molecule has 0 N–H and O–H groups in total. The molecule has 0 radical (unpaired) electrons. The van der Waals surface area contributed by atoms with Crippen LogP contribution in [0.5, 0.6) is 23.0 Å².